The number of benzene rings is 2. The summed E-state index contributed by atoms with van der Waals surface area (Å²) >= 11 is 0. The number of H-pyrrole nitrogens is 1. The van der Waals surface area contributed by atoms with Gasteiger partial charge in [-0.1, -0.05) is 48.5 Å². The van der Waals surface area contributed by atoms with Gasteiger partial charge in [0.1, 0.15) is 6.04 Å². The molecule has 0 fully saturated rings. The Morgan fingerprint density at radius 3 is 2.54 bits per heavy atom. The number of hydrogen-bond donors (Lipinski definition) is 4. The number of aromatic nitrogens is 1. The van der Waals surface area contributed by atoms with Crippen LogP contribution in [0.1, 0.15) is 11.1 Å². The highest BCUT2D eigenvalue weighted by Gasteiger charge is 2.20. The van der Waals surface area contributed by atoms with Gasteiger partial charge in [-0.25, -0.2) is 9.59 Å². The summed E-state index contributed by atoms with van der Waals surface area (Å²) in [5.74, 6) is -1.05. The van der Waals surface area contributed by atoms with E-state index in [1.54, 1.807) is 0 Å². The molecule has 6 nitrogen and oxygen atoms in total. The van der Waals surface area contributed by atoms with Crippen molar-refractivity contribution >= 4 is 22.9 Å². The second kappa shape index (κ2) is 8.20. The lowest BCUT2D eigenvalue weighted by Gasteiger charge is -2.15. The molecule has 0 spiro atoms. The van der Waals surface area contributed by atoms with Gasteiger partial charge in [-0.15, -0.1) is 0 Å². The molecule has 0 saturated heterocycles. The van der Waals surface area contributed by atoms with E-state index in [0.717, 1.165) is 22.0 Å². The Morgan fingerprint density at radius 1 is 1.04 bits per heavy atom. The van der Waals surface area contributed by atoms with Crippen LogP contribution in [0.25, 0.3) is 10.9 Å². The number of urea groups is 1. The molecule has 0 aliphatic carbocycles. The second-order valence-corrected chi connectivity index (χ2v) is 6.09. The topological polar surface area (TPSA) is 94.2 Å². The highest BCUT2D eigenvalue weighted by atomic mass is 16.4. The maximum Gasteiger partial charge on any atom is 0.326 e. The number of fused-ring (bicyclic) bond motifs is 1. The Morgan fingerprint density at radius 2 is 1.77 bits per heavy atom. The van der Waals surface area contributed by atoms with Gasteiger partial charge in [-0.3, -0.25) is 0 Å². The van der Waals surface area contributed by atoms with Gasteiger partial charge < -0.3 is 20.7 Å². The molecule has 2 amide bonds. The number of nitrogens with one attached hydrogen (secondary N) is 3. The molecule has 0 saturated carbocycles. The SMILES string of the molecule is O=C(NCCc1c[nH]c2ccccc12)N[C@@H](Cc1ccccc1)C(=O)O. The minimum absolute atomic E-state index is 0.242. The number of carbonyl (C=O) groups is 2. The molecule has 6 heteroatoms. The normalized spacial score (nSPS) is 11.8. The Hall–Kier alpha value is -3.28. The summed E-state index contributed by atoms with van der Waals surface area (Å²) in [6.07, 6.45) is 2.83. The molecule has 0 bridgehead atoms. The van der Waals surface area contributed by atoms with Crippen LogP contribution in [0.4, 0.5) is 4.79 Å². The first-order valence-corrected chi connectivity index (χ1v) is 8.49. The summed E-state index contributed by atoms with van der Waals surface area (Å²) in [6, 6.07) is 15.8. The first-order valence-electron chi connectivity index (χ1n) is 8.49. The minimum atomic E-state index is -1.05. The van der Waals surface area contributed by atoms with Gasteiger partial charge in [0, 0.05) is 30.1 Å². The fourth-order valence-electron chi connectivity index (χ4n) is 2.91. The van der Waals surface area contributed by atoms with E-state index in [0.29, 0.717) is 13.0 Å². The molecule has 1 aromatic heterocycles. The molecule has 26 heavy (non-hydrogen) atoms. The van der Waals surface area contributed by atoms with Crippen molar-refractivity contribution in [2.45, 2.75) is 18.9 Å². The van der Waals surface area contributed by atoms with Crippen molar-refractivity contribution in [2.75, 3.05) is 6.54 Å². The number of carboxylic acids is 1. The van der Waals surface area contributed by atoms with E-state index < -0.39 is 18.0 Å². The van der Waals surface area contributed by atoms with Crippen molar-refractivity contribution in [2.24, 2.45) is 0 Å². The third-order valence-corrected chi connectivity index (χ3v) is 4.24. The molecule has 1 atom stereocenters. The van der Waals surface area contributed by atoms with Crippen LogP contribution in [-0.2, 0) is 17.6 Å². The van der Waals surface area contributed by atoms with E-state index >= 15 is 0 Å². The van der Waals surface area contributed by atoms with Crippen LogP contribution >= 0.6 is 0 Å². The summed E-state index contributed by atoms with van der Waals surface area (Å²) in [6.45, 7) is 0.422. The van der Waals surface area contributed by atoms with Crippen molar-refractivity contribution in [1.29, 1.82) is 0 Å². The van der Waals surface area contributed by atoms with Gasteiger partial charge in [0.2, 0.25) is 0 Å². The molecule has 134 valence electrons. The molecule has 0 unspecified atom stereocenters. The molecular weight excluding hydrogens is 330 g/mol. The third-order valence-electron chi connectivity index (χ3n) is 4.24. The largest absolute Gasteiger partial charge is 0.480 e. The van der Waals surface area contributed by atoms with E-state index in [1.807, 2.05) is 60.8 Å². The smallest absolute Gasteiger partial charge is 0.326 e. The van der Waals surface area contributed by atoms with Gasteiger partial charge >= 0.3 is 12.0 Å². The van der Waals surface area contributed by atoms with E-state index in [2.05, 4.69) is 15.6 Å². The van der Waals surface area contributed by atoms with E-state index in [-0.39, 0.29) is 6.42 Å². The molecule has 0 radical (unpaired) electrons. The Labute approximate surface area is 151 Å². The van der Waals surface area contributed by atoms with Gasteiger partial charge in [0.25, 0.3) is 0 Å². The van der Waals surface area contributed by atoms with Crippen molar-refractivity contribution < 1.29 is 14.7 Å². The summed E-state index contributed by atoms with van der Waals surface area (Å²) in [5, 5.41) is 15.7. The van der Waals surface area contributed by atoms with Gasteiger partial charge in [0.05, 0.1) is 0 Å². The van der Waals surface area contributed by atoms with E-state index in [4.69, 9.17) is 0 Å². The fraction of sp³-hybridized carbons (Fsp3) is 0.200. The molecule has 3 rings (SSSR count). The number of para-hydroxylation sites is 1. The zero-order valence-electron chi connectivity index (χ0n) is 14.2. The average Bonchev–Trinajstić information content (AvgIpc) is 3.05. The quantitative estimate of drug-likeness (QED) is 0.527. The molecular formula is C20H21N3O3. The molecule has 1 heterocycles. The highest BCUT2D eigenvalue weighted by molar-refractivity contribution is 5.84. The van der Waals surface area contributed by atoms with Crippen LogP contribution < -0.4 is 10.6 Å². The van der Waals surface area contributed by atoms with Gasteiger partial charge in [-0.05, 0) is 23.6 Å². The van der Waals surface area contributed by atoms with Gasteiger partial charge in [-0.2, -0.15) is 0 Å². The maximum absolute atomic E-state index is 12.0. The summed E-state index contributed by atoms with van der Waals surface area (Å²) in [4.78, 5) is 26.6. The number of hydrogen-bond acceptors (Lipinski definition) is 2. The highest BCUT2D eigenvalue weighted by Crippen LogP contribution is 2.17. The first kappa shape index (κ1) is 17.5. The first-order chi connectivity index (χ1) is 12.6. The summed E-state index contributed by atoms with van der Waals surface area (Å²) < 4.78 is 0. The van der Waals surface area contributed by atoms with Crippen molar-refractivity contribution in [3.05, 3.63) is 71.9 Å². The van der Waals surface area contributed by atoms with Crippen LogP contribution in [0.5, 0.6) is 0 Å². The van der Waals surface area contributed by atoms with Crippen molar-refractivity contribution in [3.63, 3.8) is 0 Å². The maximum atomic E-state index is 12.0. The summed E-state index contributed by atoms with van der Waals surface area (Å²) in [5.41, 5.74) is 3.03. The molecule has 0 aliphatic heterocycles. The van der Waals surface area contributed by atoms with Crippen molar-refractivity contribution in [1.82, 2.24) is 15.6 Å². The number of amides is 2. The lowest BCUT2D eigenvalue weighted by Crippen LogP contribution is -2.47. The number of carboxylic acid groups (broad SMARTS) is 1. The minimum Gasteiger partial charge on any atom is -0.480 e. The number of carbonyl (C=O) groups excluding carboxylic acids is 1. The number of aliphatic carboxylic acids is 1. The van der Waals surface area contributed by atoms with E-state index in [9.17, 15) is 14.7 Å². The Kier molecular flexibility index (Phi) is 5.53. The van der Waals surface area contributed by atoms with Crippen LogP contribution in [0, 0.1) is 0 Å². The second-order valence-electron chi connectivity index (χ2n) is 6.09. The average molecular weight is 351 g/mol. The van der Waals surface area contributed by atoms with Crippen LogP contribution in [0.15, 0.2) is 60.8 Å². The Bertz CT molecular complexity index is 889. The predicted octanol–water partition coefficient (Wildman–Crippen LogP) is 2.71. The van der Waals surface area contributed by atoms with Crippen LogP contribution in [0.3, 0.4) is 0 Å². The zero-order valence-corrected chi connectivity index (χ0v) is 14.2. The third kappa shape index (κ3) is 4.42. The fourth-order valence-corrected chi connectivity index (χ4v) is 2.91. The molecule has 2 aromatic carbocycles. The van der Waals surface area contributed by atoms with Crippen LogP contribution in [-0.4, -0.2) is 34.7 Å². The number of rotatable bonds is 7. The molecule has 3 aromatic rings. The van der Waals surface area contributed by atoms with Crippen molar-refractivity contribution in [3.8, 4) is 0 Å². The molecule has 4 N–H and O–H groups in total. The molecule has 0 aliphatic rings. The predicted molar refractivity (Wildman–Crippen MR) is 100 cm³/mol. The monoisotopic (exact) mass is 351 g/mol. The Balaban J connectivity index is 1.51. The number of aromatic amines is 1. The van der Waals surface area contributed by atoms with E-state index in [1.165, 1.54) is 0 Å². The zero-order chi connectivity index (χ0) is 18.4. The van der Waals surface area contributed by atoms with Crippen LogP contribution in [0.2, 0.25) is 0 Å². The lowest BCUT2D eigenvalue weighted by molar-refractivity contribution is -0.139. The lowest BCUT2D eigenvalue weighted by atomic mass is 10.1. The van der Waals surface area contributed by atoms with Gasteiger partial charge in [0.15, 0.2) is 0 Å². The summed E-state index contributed by atoms with van der Waals surface area (Å²) in [7, 11) is 0. The standard InChI is InChI=1S/C20H21N3O3/c24-19(25)18(12-14-6-2-1-3-7-14)23-20(26)21-11-10-15-13-22-17-9-5-4-8-16(15)17/h1-9,13,18,22H,10-12H2,(H,24,25)(H2,21,23,26)/t18-/m0/s1.